The van der Waals surface area contributed by atoms with Crippen LogP contribution in [0.5, 0.6) is 5.75 Å². The Morgan fingerprint density at radius 3 is 2.60 bits per heavy atom. The van der Waals surface area contributed by atoms with Gasteiger partial charge in [0.15, 0.2) is 0 Å². The Labute approximate surface area is 88.7 Å². The summed E-state index contributed by atoms with van der Waals surface area (Å²) in [6, 6.07) is 6.72. The maximum Gasteiger partial charge on any atom is 0.320 e. The Bertz CT molecular complexity index is 321. The first-order chi connectivity index (χ1) is 7.09. The van der Waals surface area contributed by atoms with E-state index in [0.717, 1.165) is 11.3 Å². The van der Waals surface area contributed by atoms with Gasteiger partial charge in [0.2, 0.25) is 0 Å². The first kappa shape index (κ1) is 11.5. The third-order valence-electron chi connectivity index (χ3n) is 2.04. The molecule has 82 valence electrons. The fraction of sp³-hybridized carbons (Fsp3) is 0.364. The molecule has 0 heterocycles. The number of hydrogen-bond acceptors (Lipinski definition) is 3. The van der Waals surface area contributed by atoms with Crippen molar-refractivity contribution in [1.29, 1.82) is 0 Å². The lowest BCUT2D eigenvalue weighted by molar-refractivity contribution is -0.138. The number of carboxylic acid groups (broad SMARTS) is 1. The molecule has 0 saturated heterocycles. The third kappa shape index (κ3) is 3.99. The molecule has 0 aromatic heterocycles. The summed E-state index contributed by atoms with van der Waals surface area (Å²) >= 11 is 0. The fourth-order valence-electron chi connectivity index (χ4n) is 1.06. The predicted molar refractivity (Wildman–Crippen MR) is 56.9 cm³/mol. The zero-order valence-electron chi connectivity index (χ0n) is 8.64. The van der Waals surface area contributed by atoms with Crippen molar-refractivity contribution in [3.63, 3.8) is 0 Å². The van der Waals surface area contributed by atoms with Crippen LogP contribution in [0.15, 0.2) is 24.3 Å². The van der Waals surface area contributed by atoms with E-state index in [2.05, 4.69) is 0 Å². The Hall–Kier alpha value is -1.55. The first-order valence-corrected chi connectivity index (χ1v) is 4.77. The van der Waals surface area contributed by atoms with Crippen LogP contribution in [0.4, 0.5) is 0 Å². The quantitative estimate of drug-likeness (QED) is 0.763. The fourth-order valence-corrected chi connectivity index (χ4v) is 1.06. The molecule has 0 radical (unpaired) electrons. The number of rotatable bonds is 5. The molecule has 15 heavy (non-hydrogen) atoms. The van der Waals surface area contributed by atoms with Crippen LogP contribution in [-0.4, -0.2) is 23.7 Å². The van der Waals surface area contributed by atoms with Crippen molar-refractivity contribution in [1.82, 2.24) is 0 Å². The number of carbonyl (C=O) groups is 1. The van der Waals surface area contributed by atoms with Crippen LogP contribution < -0.4 is 10.5 Å². The van der Waals surface area contributed by atoms with Crippen molar-refractivity contribution < 1.29 is 14.6 Å². The van der Waals surface area contributed by atoms with Crippen LogP contribution in [0.3, 0.4) is 0 Å². The molecule has 3 N–H and O–H groups in total. The highest BCUT2D eigenvalue weighted by molar-refractivity contribution is 5.72. The average Bonchev–Trinajstić information content (AvgIpc) is 2.20. The second-order valence-electron chi connectivity index (χ2n) is 3.39. The van der Waals surface area contributed by atoms with Gasteiger partial charge in [-0.05, 0) is 19.1 Å². The molecule has 4 nitrogen and oxygen atoms in total. The largest absolute Gasteiger partial charge is 0.494 e. The lowest BCUT2D eigenvalue weighted by Crippen LogP contribution is -2.31. The topological polar surface area (TPSA) is 72.5 Å². The summed E-state index contributed by atoms with van der Waals surface area (Å²) in [6.45, 7) is 2.31. The molecule has 0 aliphatic heterocycles. The van der Waals surface area contributed by atoms with E-state index in [1.165, 1.54) is 0 Å². The zero-order chi connectivity index (χ0) is 11.3. The van der Waals surface area contributed by atoms with Crippen LogP contribution in [0.25, 0.3) is 0 Å². The molecule has 0 spiro atoms. The van der Waals surface area contributed by atoms with Crippen LogP contribution in [0.1, 0.15) is 12.0 Å². The van der Waals surface area contributed by atoms with E-state index in [0.29, 0.717) is 13.0 Å². The van der Waals surface area contributed by atoms with Crippen LogP contribution in [0, 0.1) is 6.92 Å². The summed E-state index contributed by atoms with van der Waals surface area (Å²) in [5.41, 5.74) is 6.48. The van der Waals surface area contributed by atoms with Gasteiger partial charge >= 0.3 is 5.97 Å². The highest BCUT2D eigenvalue weighted by Crippen LogP contribution is 2.11. The van der Waals surface area contributed by atoms with E-state index >= 15 is 0 Å². The summed E-state index contributed by atoms with van der Waals surface area (Å²) in [7, 11) is 0. The van der Waals surface area contributed by atoms with Gasteiger partial charge in [-0.15, -0.1) is 0 Å². The number of benzene rings is 1. The highest BCUT2D eigenvalue weighted by atomic mass is 16.5. The molecule has 1 atom stereocenters. The second-order valence-corrected chi connectivity index (χ2v) is 3.39. The summed E-state index contributed by atoms with van der Waals surface area (Å²) < 4.78 is 5.34. The van der Waals surface area contributed by atoms with Gasteiger partial charge in [0.25, 0.3) is 0 Å². The number of hydrogen-bond donors (Lipinski definition) is 2. The van der Waals surface area contributed by atoms with Gasteiger partial charge in [-0.3, -0.25) is 4.79 Å². The Kier molecular flexibility index (Phi) is 4.12. The number of nitrogens with two attached hydrogens (primary N) is 1. The summed E-state index contributed by atoms with van der Waals surface area (Å²) in [6.07, 6.45) is 0.309. The van der Waals surface area contributed by atoms with Gasteiger partial charge in [-0.25, -0.2) is 0 Å². The minimum absolute atomic E-state index is 0.309. The van der Waals surface area contributed by atoms with E-state index in [1.807, 2.05) is 31.2 Å². The molecule has 0 unspecified atom stereocenters. The molecule has 1 rings (SSSR count). The van der Waals surface area contributed by atoms with Gasteiger partial charge in [0.1, 0.15) is 11.8 Å². The summed E-state index contributed by atoms with van der Waals surface area (Å²) in [4.78, 5) is 10.4. The van der Waals surface area contributed by atoms with E-state index in [4.69, 9.17) is 15.6 Å². The first-order valence-electron chi connectivity index (χ1n) is 4.77. The molecule has 1 aromatic carbocycles. The number of aryl methyl sites for hydroxylation is 1. The van der Waals surface area contributed by atoms with Crippen molar-refractivity contribution in [3.05, 3.63) is 29.8 Å². The lowest BCUT2D eigenvalue weighted by atomic mass is 10.2. The molecular weight excluding hydrogens is 194 g/mol. The smallest absolute Gasteiger partial charge is 0.320 e. The maximum absolute atomic E-state index is 10.4. The van der Waals surface area contributed by atoms with Gasteiger partial charge in [0, 0.05) is 6.42 Å². The molecule has 0 saturated carbocycles. The van der Waals surface area contributed by atoms with E-state index in [-0.39, 0.29) is 0 Å². The molecular formula is C11H15NO3. The summed E-state index contributed by atoms with van der Waals surface area (Å²) in [5, 5.41) is 8.54. The van der Waals surface area contributed by atoms with Crippen molar-refractivity contribution in [2.24, 2.45) is 5.73 Å². The molecule has 0 bridgehead atoms. The molecule has 1 aromatic rings. The molecule has 0 aliphatic rings. The zero-order valence-corrected chi connectivity index (χ0v) is 8.64. The Morgan fingerprint density at radius 2 is 2.07 bits per heavy atom. The monoisotopic (exact) mass is 209 g/mol. The molecule has 0 aliphatic carbocycles. The Morgan fingerprint density at radius 1 is 1.47 bits per heavy atom. The molecule has 0 fully saturated rings. The van der Waals surface area contributed by atoms with Crippen molar-refractivity contribution in [2.45, 2.75) is 19.4 Å². The van der Waals surface area contributed by atoms with Crippen molar-refractivity contribution in [2.75, 3.05) is 6.61 Å². The SMILES string of the molecule is Cc1ccc(OCC[C@H](N)C(=O)O)cc1. The van der Waals surface area contributed by atoms with Gasteiger partial charge in [-0.2, -0.15) is 0 Å². The minimum atomic E-state index is -0.998. The Balaban J connectivity index is 2.32. The van der Waals surface area contributed by atoms with E-state index < -0.39 is 12.0 Å². The highest BCUT2D eigenvalue weighted by Gasteiger charge is 2.10. The van der Waals surface area contributed by atoms with Gasteiger partial charge < -0.3 is 15.6 Å². The number of aliphatic carboxylic acids is 1. The van der Waals surface area contributed by atoms with Crippen LogP contribution in [0.2, 0.25) is 0 Å². The van der Waals surface area contributed by atoms with Crippen LogP contribution >= 0.6 is 0 Å². The number of ether oxygens (including phenoxy) is 1. The lowest BCUT2D eigenvalue weighted by Gasteiger charge is -2.08. The average molecular weight is 209 g/mol. The van der Waals surface area contributed by atoms with Crippen molar-refractivity contribution >= 4 is 5.97 Å². The maximum atomic E-state index is 10.4. The van der Waals surface area contributed by atoms with E-state index in [1.54, 1.807) is 0 Å². The molecule has 4 heteroatoms. The standard InChI is InChI=1S/C11H15NO3/c1-8-2-4-9(5-3-8)15-7-6-10(12)11(13)14/h2-5,10H,6-7,12H2,1H3,(H,13,14)/t10-/m0/s1. The van der Waals surface area contributed by atoms with Gasteiger partial charge in [-0.1, -0.05) is 17.7 Å². The normalized spacial score (nSPS) is 12.1. The number of carboxylic acids is 1. The van der Waals surface area contributed by atoms with Gasteiger partial charge in [0.05, 0.1) is 6.61 Å². The second kappa shape index (κ2) is 5.36. The van der Waals surface area contributed by atoms with Crippen molar-refractivity contribution in [3.8, 4) is 5.75 Å². The summed E-state index contributed by atoms with van der Waals surface area (Å²) in [5.74, 6) is -0.263. The third-order valence-corrected chi connectivity index (χ3v) is 2.04. The molecule has 0 amide bonds. The van der Waals surface area contributed by atoms with Crippen LogP contribution in [-0.2, 0) is 4.79 Å². The minimum Gasteiger partial charge on any atom is -0.494 e. The van der Waals surface area contributed by atoms with E-state index in [9.17, 15) is 4.79 Å². The predicted octanol–water partition coefficient (Wildman–Crippen LogP) is 1.18.